The maximum Gasteiger partial charge on any atom is 0.425 e. The van der Waals surface area contributed by atoms with E-state index in [1.54, 1.807) is 18.2 Å². The second-order valence-electron chi connectivity index (χ2n) is 3.44. The summed E-state index contributed by atoms with van der Waals surface area (Å²) < 4.78 is 42.2. The highest BCUT2D eigenvalue weighted by Gasteiger charge is 2.45. The molecule has 2 rings (SSSR count). The lowest BCUT2D eigenvalue weighted by molar-refractivity contribution is -0.199. The van der Waals surface area contributed by atoms with Crippen molar-refractivity contribution < 1.29 is 17.9 Å². The number of thiol groups is 1. The van der Waals surface area contributed by atoms with Crippen LogP contribution in [0, 0.1) is 0 Å². The molecule has 1 heterocycles. The van der Waals surface area contributed by atoms with Gasteiger partial charge in [-0.3, -0.25) is 0 Å². The summed E-state index contributed by atoms with van der Waals surface area (Å²) in [5.74, 6) is 0.283. The summed E-state index contributed by atoms with van der Waals surface area (Å²) in [6.07, 6.45) is -6.20. The third-order valence-corrected chi connectivity index (χ3v) is 2.84. The van der Waals surface area contributed by atoms with Gasteiger partial charge in [-0.2, -0.15) is 25.8 Å². The van der Waals surface area contributed by atoms with Crippen LogP contribution in [0.3, 0.4) is 0 Å². The summed E-state index contributed by atoms with van der Waals surface area (Å²) in [7, 11) is 0. The second-order valence-corrected chi connectivity index (χ2v) is 4.06. The van der Waals surface area contributed by atoms with E-state index in [1.807, 2.05) is 0 Å². The largest absolute Gasteiger partial charge is 0.481 e. The number of benzene rings is 1. The number of para-hydroxylation sites is 1. The van der Waals surface area contributed by atoms with E-state index in [0.29, 0.717) is 0 Å². The fourth-order valence-electron chi connectivity index (χ4n) is 1.59. The highest BCUT2D eigenvalue weighted by molar-refractivity contribution is 7.80. The molecule has 0 aliphatic carbocycles. The van der Waals surface area contributed by atoms with Crippen molar-refractivity contribution in [1.82, 2.24) is 0 Å². The molecule has 0 N–H and O–H groups in total. The Morgan fingerprint density at radius 2 is 1.93 bits per heavy atom. The van der Waals surface area contributed by atoms with E-state index >= 15 is 0 Å². The number of alkyl halides is 3. The number of hydrogen-bond donors (Lipinski definition) is 1. The molecule has 2 atom stereocenters. The molecule has 1 aromatic rings. The van der Waals surface area contributed by atoms with Gasteiger partial charge in [0, 0.05) is 17.2 Å². The van der Waals surface area contributed by atoms with Gasteiger partial charge in [0.15, 0.2) is 6.10 Å². The predicted octanol–water partition coefficient (Wildman–Crippen LogP) is 3.37. The smallest absolute Gasteiger partial charge is 0.425 e. The summed E-state index contributed by atoms with van der Waals surface area (Å²) in [6, 6.07) is 6.69. The van der Waals surface area contributed by atoms with Crippen molar-refractivity contribution in [2.24, 2.45) is 0 Å². The third-order valence-electron chi connectivity index (χ3n) is 2.35. The quantitative estimate of drug-likeness (QED) is 0.677. The van der Waals surface area contributed by atoms with Crippen molar-refractivity contribution in [3.05, 3.63) is 29.8 Å². The Balaban J connectivity index is 2.30. The molecule has 0 amide bonds. The lowest BCUT2D eigenvalue weighted by atomic mass is 10.0. The van der Waals surface area contributed by atoms with Crippen LogP contribution in [-0.4, -0.2) is 12.3 Å². The fourth-order valence-corrected chi connectivity index (χ4v) is 2.00. The van der Waals surface area contributed by atoms with Crippen LogP contribution >= 0.6 is 12.6 Å². The van der Waals surface area contributed by atoms with Crippen LogP contribution in [0.15, 0.2) is 24.3 Å². The standard InChI is InChI=1S/C10H9F3OS/c11-10(12,13)9-5-8(15)6-3-1-2-4-7(6)14-9/h1-4,8-9,15H,5H2/t8-,9-/m1/s1. The number of halogens is 3. The molecule has 1 aliphatic rings. The van der Waals surface area contributed by atoms with Crippen molar-refractivity contribution >= 4 is 12.6 Å². The van der Waals surface area contributed by atoms with Gasteiger partial charge in [0.25, 0.3) is 0 Å². The predicted molar refractivity (Wildman–Crippen MR) is 53.3 cm³/mol. The Labute approximate surface area is 90.7 Å². The van der Waals surface area contributed by atoms with Crippen LogP contribution in [-0.2, 0) is 0 Å². The molecule has 0 saturated carbocycles. The zero-order valence-electron chi connectivity index (χ0n) is 7.66. The molecule has 82 valence electrons. The van der Waals surface area contributed by atoms with E-state index in [0.717, 1.165) is 5.56 Å². The Hall–Kier alpha value is -0.840. The van der Waals surface area contributed by atoms with Gasteiger partial charge in [-0.15, -0.1) is 0 Å². The summed E-state index contributed by atoms with van der Waals surface area (Å²) in [6.45, 7) is 0. The first-order valence-electron chi connectivity index (χ1n) is 4.49. The lowest BCUT2D eigenvalue weighted by Gasteiger charge is -2.30. The first-order chi connectivity index (χ1) is 6.98. The lowest BCUT2D eigenvalue weighted by Crippen LogP contribution is -2.37. The van der Waals surface area contributed by atoms with Gasteiger partial charge >= 0.3 is 6.18 Å². The fraction of sp³-hybridized carbons (Fsp3) is 0.400. The minimum atomic E-state index is -4.32. The van der Waals surface area contributed by atoms with Crippen LogP contribution in [0.5, 0.6) is 5.75 Å². The molecule has 0 saturated heterocycles. The van der Waals surface area contributed by atoms with Crippen LogP contribution < -0.4 is 4.74 Å². The normalized spacial score (nSPS) is 25.6. The molecule has 1 aromatic carbocycles. The highest BCUT2D eigenvalue weighted by Crippen LogP contribution is 2.42. The van der Waals surface area contributed by atoms with Gasteiger partial charge in [0.1, 0.15) is 5.75 Å². The van der Waals surface area contributed by atoms with E-state index in [9.17, 15) is 13.2 Å². The molecule has 0 aromatic heterocycles. The second kappa shape index (κ2) is 3.63. The van der Waals surface area contributed by atoms with Gasteiger partial charge in [-0.05, 0) is 6.07 Å². The molecule has 0 spiro atoms. The minimum absolute atomic E-state index is 0.135. The van der Waals surface area contributed by atoms with Crippen LogP contribution in [0.2, 0.25) is 0 Å². The summed E-state index contributed by atoms with van der Waals surface area (Å²) in [5, 5.41) is -0.415. The van der Waals surface area contributed by atoms with Crippen LogP contribution in [0.1, 0.15) is 17.2 Å². The molecular weight excluding hydrogens is 225 g/mol. The Bertz CT molecular complexity index is 364. The van der Waals surface area contributed by atoms with Crippen molar-refractivity contribution in [2.75, 3.05) is 0 Å². The first-order valence-corrected chi connectivity index (χ1v) is 5.00. The third kappa shape index (κ3) is 2.07. The van der Waals surface area contributed by atoms with E-state index in [1.165, 1.54) is 6.07 Å². The molecular formula is C10H9F3OS. The Morgan fingerprint density at radius 3 is 2.60 bits per heavy atom. The van der Waals surface area contributed by atoms with Gasteiger partial charge in [0.2, 0.25) is 0 Å². The molecule has 0 fully saturated rings. The summed E-state index contributed by atoms with van der Waals surface area (Å²) in [5.41, 5.74) is 0.723. The van der Waals surface area contributed by atoms with Crippen molar-refractivity contribution in [3.63, 3.8) is 0 Å². The first kappa shape index (κ1) is 10.7. The van der Waals surface area contributed by atoms with Crippen molar-refractivity contribution in [2.45, 2.75) is 24.0 Å². The molecule has 1 aliphatic heterocycles. The monoisotopic (exact) mass is 234 g/mol. The molecule has 1 nitrogen and oxygen atoms in total. The molecule has 0 unspecified atom stereocenters. The molecule has 5 heteroatoms. The average molecular weight is 234 g/mol. The maximum absolute atomic E-state index is 12.4. The van der Waals surface area contributed by atoms with Crippen molar-refractivity contribution in [1.29, 1.82) is 0 Å². The summed E-state index contributed by atoms with van der Waals surface area (Å²) >= 11 is 4.15. The Morgan fingerprint density at radius 1 is 1.27 bits per heavy atom. The summed E-state index contributed by atoms with van der Waals surface area (Å²) in [4.78, 5) is 0. The van der Waals surface area contributed by atoms with Gasteiger partial charge in [0.05, 0.1) is 0 Å². The van der Waals surface area contributed by atoms with Gasteiger partial charge in [-0.1, -0.05) is 18.2 Å². The number of fused-ring (bicyclic) bond motifs is 1. The molecule has 15 heavy (non-hydrogen) atoms. The van der Waals surface area contributed by atoms with Crippen molar-refractivity contribution in [3.8, 4) is 5.75 Å². The Kier molecular flexibility index (Phi) is 2.58. The molecule has 0 bridgehead atoms. The van der Waals surface area contributed by atoms with E-state index < -0.39 is 17.5 Å². The number of rotatable bonds is 0. The maximum atomic E-state index is 12.4. The SMILES string of the molecule is FC(F)(F)[C@H]1C[C@@H](S)c2ccccc2O1. The van der Waals surface area contributed by atoms with Crippen LogP contribution in [0.4, 0.5) is 13.2 Å². The van der Waals surface area contributed by atoms with Gasteiger partial charge in [-0.25, -0.2) is 0 Å². The zero-order chi connectivity index (χ0) is 11.1. The number of ether oxygens (including phenoxy) is 1. The van der Waals surface area contributed by atoms with Crippen LogP contribution in [0.25, 0.3) is 0 Å². The minimum Gasteiger partial charge on any atom is -0.481 e. The topological polar surface area (TPSA) is 9.23 Å². The average Bonchev–Trinajstić information content (AvgIpc) is 2.16. The van der Waals surface area contributed by atoms with E-state index in [-0.39, 0.29) is 12.2 Å². The van der Waals surface area contributed by atoms with Gasteiger partial charge < -0.3 is 4.74 Å². The zero-order valence-corrected chi connectivity index (χ0v) is 8.55. The highest BCUT2D eigenvalue weighted by atomic mass is 32.1. The molecule has 0 radical (unpaired) electrons. The van der Waals surface area contributed by atoms with E-state index in [2.05, 4.69) is 12.6 Å². The van der Waals surface area contributed by atoms with E-state index in [4.69, 9.17) is 4.74 Å². The number of hydrogen-bond acceptors (Lipinski definition) is 2.